The lowest BCUT2D eigenvalue weighted by molar-refractivity contribution is 0.0992. The highest BCUT2D eigenvalue weighted by Gasteiger charge is 2.13. The fourth-order valence-corrected chi connectivity index (χ4v) is 1.53. The Kier molecular flexibility index (Phi) is 3.97. The van der Waals surface area contributed by atoms with Crippen LogP contribution in [0.3, 0.4) is 0 Å². The van der Waals surface area contributed by atoms with E-state index in [1.807, 2.05) is 13.8 Å². The largest absolute Gasteiger partial charge is 0.313 e. The van der Waals surface area contributed by atoms with Crippen molar-refractivity contribution in [2.24, 2.45) is 0 Å². The van der Waals surface area contributed by atoms with E-state index in [2.05, 4.69) is 5.32 Å². The molecule has 0 amide bonds. The highest BCUT2D eigenvalue weighted by Crippen LogP contribution is 2.20. The summed E-state index contributed by atoms with van der Waals surface area (Å²) in [6.07, 6.45) is 0. The van der Waals surface area contributed by atoms with Crippen LogP contribution in [0.15, 0.2) is 18.2 Å². The van der Waals surface area contributed by atoms with Crippen LogP contribution in [0.5, 0.6) is 0 Å². The normalized spacial score (nSPS) is 10.7. The number of rotatable bonds is 4. The molecule has 1 aromatic rings. The van der Waals surface area contributed by atoms with Crippen LogP contribution in [0.2, 0.25) is 0 Å². The van der Waals surface area contributed by atoms with Crippen LogP contribution in [-0.2, 0) is 0 Å². The van der Waals surface area contributed by atoms with Gasteiger partial charge in [0.05, 0.1) is 6.54 Å². The zero-order valence-corrected chi connectivity index (χ0v) is 9.30. The number of Topliss-reactive ketones (excluding diaryl/α,β-unsaturated/α-hetero) is 1. The molecule has 0 saturated heterocycles. The van der Waals surface area contributed by atoms with Gasteiger partial charge in [-0.15, -0.1) is 0 Å². The van der Waals surface area contributed by atoms with Crippen LogP contribution in [0.1, 0.15) is 35.7 Å². The molecule has 0 bridgehead atoms. The molecule has 0 saturated carbocycles. The molecule has 3 heteroatoms. The number of likely N-dealkylation sites (N-methyl/N-ethyl adjacent to an activating group) is 1. The average Bonchev–Trinajstić information content (AvgIpc) is 2.17. The smallest absolute Gasteiger partial charge is 0.176 e. The van der Waals surface area contributed by atoms with Gasteiger partial charge in [0, 0.05) is 5.56 Å². The van der Waals surface area contributed by atoms with Gasteiger partial charge in [0.25, 0.3) is 0 Å². The molecule has 2 nitrogen and oxygen atoms in total. The quantitative estimate of drug-likeness (QED) is 0.771. The predicted octanol–water partition coefficient (Wildman–Crippen LogP) is 2.35. The second-order valence-corrected chi connectivity index (χ2v) is 3.84. The Bertz CT molecular complexity index is 361. The van der Waals surface area contributed by atoms with E-state index in [1.165, 1.54) is 12.1 Å². The monoisotopic (exact) mass is 209 g/mol. The summed E-state index contributed by atoms with van der Waals surface area (Å²) in [5.74, 6) is -0.207. The molecule has 0 aliphatic rings. The molecule has 0 fully saturated rings. The molecule has 0 aromatic heterocycles. The van der Waals surface area contributed by atoms with Gasteiger partial charge in [0.2, 0.25) is 0 Å². The Hall–Kier alpha value is -1.22. The minimum atomic E-state index is -0.362. The van der Waals surface area contributed by atoms with Gasteiger partial charge in [-0.2, -0.15) is 0 Å². The second-order valence-electron chi connectivity index (χ2n) is 3.84. The summed E-state index contributed by atoms with van der Waals surface area (Å²) in [6, 6.07) is 4.39. The third-order valence-electron chi connectivity index (χ3n) is 2.28. The van der Waals surface area contributed by atoms with Crippen LogP contribution in [0.25, 0.3) is 0 Å². The number of carbonyl (C=O) groups is 1. The summed E-state index contributed by atoms with van der Waals surface area (Å²) in [4.78, 5) is 11.7. The molecule has 82 valence electrons. The lowest BCUT2D eigenvalue weighted by atomic mass is 9.94. The molecular weight excluding hydrogens is 193 g/mol. The Morgan fingerprint density at radius 2 is 2.13 bits per heavy atom. The van der Waals surface area contributed by atoms with Crippen molar-refractivity contribution in [2.45, 2.75) is 19.8 Å². The number of benzene rings is 1. The Labute approximate surface area is 89.5 Å². The first kappa shape index (κ1) is 11.9. The molecule has 0 spiro atoms. The molecule has 1 rings (SSSR count). The molecule has 0 radical (unpaired) electrons. The van der Waals surface area contributed by atoms with Crippen LogP contribution >= 0.6 is 0 Å². The Balaban J connectivity index is 3.12. The first-order valence-electron chi connectivity index (χ1n) is 5.03. The minimum absolute atomic E-state index is 0.0688. The van der Waals surface area contributed by atoms with Gasteiger partial charge in [0.15, 0.2) is 5.78 Å². The highest BCUT2D eigenvalue weighted by atomic mass is 19.1. The van der Waals surface area contributed by atoms with Gasteiger partial charge in [-0.3, -0.25) is 4.79 Å². The van der Waals surface area contributed by atoms with E-state index in [4.69, 9.17) is 0 Å². The summed E-state index contributed by atoms with van der Waals surface area (Å²) in [7, 11) is 1.70. The third-order valence-corrected chi connectivity index (χ3v) is 2.28. The van der Waals surface area contributed by atoms with Crippen molar-refractivity contribution in [2.75, 3.05) is 13.6 Å². The van der Waals surface area contributed by atoms with Crippen molar-refractivity contribution in [3.05, 3.63) is 35.1 Å². The SMILES string of the molecule is CNCC(=O)c1cc(F)ccc1C(C)C. The Morgan fingerprint density at radius 1 is 1.47 bits per heavy atom. The summed E-state index contributed by atoms with van der Waals surface area (Å²) in [5, 5.41) is 2.78. The number of hydrogen-bond acceptors (Lipinski definition) is 2. The van der Waals surface area contributed by atoms with Crippen molar-refractivity contribution in [1.29, 1.82) is 0 Å². The molecule has 0 aliphatic heterocycles. The molecule has 1 N–H and O–H groups in total. The maximum absolute atomic E-state index is 13.0. The maximum atomic E-state index is 13.0. The van der Waals surface area contributed by atoms with Gasteiger partial charge in [-0.1, -0.05) is 19.9 Å². The van der Waals surface area contributed by atoms with Gasteiger partial charge in [0.1, 0.15) is 5.82 Å². The summed E-state index contributed by atoms with van der Waals surface area (Å²) in [5.41, 5.74) is 1.39. The second kappa shape index (κ2) is 5.03. The van der Waals surface area contributed by atoms with Gasteiger partial charge in [-0.05, 0) is 30.7 Å². The van der Waals surface area contributed by atoms with Crippen LogP contribution in [0, 0.1) is 5.82 Å². The van der Waals surface area contributed by atoms with E-state index in [-0.39, 0.29) is 24.1 Å². The van der Waals surface area contributed by atoms with E-state index in [1.54, 1.807) is 13.1 Å². The number of carbonyl (C=O) groups excluding carboxylic acids is 1. The van der Waals surface area contributed by atoms with Crippen LogP contribution in [-0.4, -0.2) is 19.4 Å². The standard InChI is InChI=1S/C12H16FNO/c1-8(2)10-5-4-9(13)6-11(10)12(15)7-14-3/h4-6,8,14H,7H2,1-3H3. The molecule has 1 aromatic carbocycles. The summed E-state index contributed by atoms with van der Waals surface area (Å²) < 4.78 is 13.0. The van der Waals surface area contributed by atoms with Crippen LogP contribution < -0.4 is 5.32 Å². The van der Waals surface area contributed by atoms with Crippen molar-refractivity contribution >= 4 is 5.78 Å². The van der Waals surface area contributed by atoms with E-state index < -0.39 is 0 Å². The lowest BCUT2D eigenvalue weighted by Gasteiger charge is -2.11. The zero-order valence-electron chi connectivity index (χ0n) is 9.30. The van der Waals surface area contributed by atoms with E-state index >= 15 is 0 Å². The predicted molar refractivity (Wildman–Crippen MR) is 58.7 cm³/mol. The number of hydrogen-bond donors (Lipinski definition) is 1. The fraction of sp³-hybridized carbons (Fsp3) is 0.417. The average molecular weight is 209 g/mol. The summed E-state index contributed by atoms with van der Waals surface area (Å²) >= 11 is 0. The van der Waals surface area contributed by atoms with Gasteiger partial charge < -0.3 is 5.32 Å². The third kappa shape index (κ3) is 2.86. The molecular formula is C12H16FNO. The number of ketones is 1. The Morgan fingerprint density at radius 3 is 2.67 bits per heavy atom. The molecule has 0 heterocycles. The topological polar surface area (TPSA) is 29.1 Å². The number of halogens is 1. The van der Waals surface area contributed by atoms with Crippen molar-refractivity contribution in [1.82, 2.24) is 5.32 Å². The van der Waals surface area contributed by atoms with Crippen molar-refractivity contribution in [3.63, 3.8) is 0 Å². The molecule has 15 heavy (non-hydrogen) atoms. The summed E-state index contributed by atoms with van der Waals surface area (Å²) in [6.45, 7) is 4.22. The van der Waals surface area contributed by atoms with Crippen LogP contribution in [0.4, 0.5) is 4.39 Å². The van der Waals surface area contributed by atoms with E-state index in [0.717, 1.165) is 5.56 Å². The molecule has 0 aliphatic carbocycles. The first-order valence-corrected chi connectivity index (χ1v) is 5.03. The zero-order chi connectivity index (χ0) is 11.4. The van der Waals surface area contributed by atoms with Gasteiger partial charge in [-0.25, -0.2) is 4.39 Å². The molecule has 0 atom stereocenters. The van der Waals surface area contributed by atoms with Gasteiger partial charge >= 0.3 is 0 Å². The maximum Gasteiger partial charge on any atom is 0.176 e. The van der Waals surface area contributed by atoms with E-state index in [9.17, 15) is 9.18 Å². The highest BCUT2D eigenvalue weighted by molar-refractivity contribution is 5.99. The number of nitrogens with one attached hydrogen (secondary N) is 1. The minimum Gasteiger partial charge on any atom is -0.313 e. The van der Waals surface area contributed by atoms with E-state index in [0.29, 0.717) is 5.56 Å². The lowest BCUT2D eigenvalue weighted by Crippen LogP contribution is -2.20. The first-order chi connectivity index (χ1) is 7.06. The fourth-order valence-electron chi connectivity index (χ4n) is 1.53. The van der Waals surface area contributed by atoms with Crippen molar-refractivity contribution < 1.29 is 9.18 Å². The van der Waals surface area contributed by atoms with Crippen molar-refractivity contribution in [3.8, 4) is 0 Å². The molecule has 0 unspecified atom stereocenters.